The summed E-state index contributed by atoms with van der Waals surface area (Å²) in [7, 11) is 0. The van der Waals surface area contributed by atoms with Gasteiger partial charge in [0.05, 0.1) is 12.2 Å². The van der Waals surface area contributed by atoms with Crippen LogP contribution in [-0.4, -0.2) is 23.5 Å². The molecule has 1 aliphatic heterocycles. The number of fused-ring (bicyclic) bond motifs is 2. The Labute approximate surface area is 193 Å². The third-order valence-corrected chi connectivity index (χ3v) is 5.45. The van der Waals surface area contributed by atoms with Gasteiger partial charge in [-0.05, 0) is 59.5 Å². The van der Waals surface area contributed by atoms with Crippen molar-refractivity contribution in [2.45, 2.75) is 6.54 Å². The molecule has 1 aliphatic rings. The average Bonchev–Trinajstić information content (AvgIpc) is 3.23. The average molecular weight is 465 g/mol. The molecule has 0 saturated heterocycles. The van der Waals surface area contributed by atoms with Crippen molar-refractivity contribution in [1.29, 1.82) is 0 Å². The Bertz CT molecular complexity index is 1370. The standard InChI is InChI=1S/C24H18ClFN4O3/c25-16-7-14(8-17(26)9-16)12-30-21-4-3-19(11-22(21)33-13-23(30)31)29-24(32)28-18-2-1-15-5-6-27-20(15)10-18/h1-11,27H,12-13H2,(H2,28,29,32). The first-order chi connectivity index (χ1) is 15.9. The van der Waals surface area contributed by atoms with Crippen LogP contribution < -0.4 is 20.3 Å². The van der Waals surface area contributed by atoms with Gasteiger partial charge in [-0.1, -0.05) is 17.7 Å². The summed E-state index contributed by atoms with van der Waals surface area (Å²) in [6, 6.07) is 16.2. The summed E-state index contributed by atoms with van der Waals surface area (Å²) < 4.78 is 19.3. The van der Waals surface area contributed by atoms with E-state index in [0.29, 0.717) is 28.4 Å². The first-order valence-electron chi connectivity index (χ1n) is 10.1. The smallest absolute Gasteiger partial charge is 0.323 e. The number of H-pyrrole nitrogens is 1. The number of anilines is 3. The van der Waals surface area contributed by atoms with E-state index in [1.54, 1.807) is 24.3 Å². The van der Waals surface area contributed by atoms with Crippen LogP contribution in [-0.2, 0) is 11.3 Å². The number of aromatic nitrogens is 1. The van der Waals surface area contributed by atoms with Crippen LogP contribution in [0, 0.1) is 5.82 Å². The van der Waals surface area contributed by atoms with Crippen LogP contribution >= 0.6 is 11.6 Å². The number of carbonyl (C=O) groups is 2. The predicted octanol–water partition coefficient (Wildman–Crippen LogP) is 5.53. The van der Waals surface area contributed by atoms with Gasteiger partial charge in [0.2, 0.25) is 0 Å². The number of carbonyl (C=O) groups excluding carboxylic acids is 2. The minimum atomic E-state index is -0.473. The highest BCUT2D eigenvalue weighted by atomic mass is 35.5. The summed E-state index contributed by atoms with van der Waals surface area (Å²) in [6.07, 6.45) is 1.83. The zero-order valence-electron chi connectivity index (χ0n) is 17.2. The molecule has 3 amide bonds. The molecule has 0 spiro atoms. The zero-order valence-corrected chi connectivity index (χ0v) is 17.9. The lowest BCUT2D eigenvalue weighted by atomic mass is 10.1. The molecule has 0 aliphatic carbocycles. The third kappa shape index (κ3) is 4.47. The third-order valence-electron chi connectivity index (χ3n) is 5.24. The molecule has 3 aromatic carbocycles. The summed E-state index contributed by atoms with van der Waals surface area (Å²) in [4.78, 5) is 29.5. The number of hydrogen-bond acceptors (Lipinski definition) is 3. The summed E-state index contributed by atoms with van der Waals surface area (Å²) in [5.74, 6) is -0.303. The maximum Gasteiger partial charge on any atom is 0.323 e. The second kappa shape index (κ2) is 8.48. The van der Waals surface area contributed by atoms with Crippen LogP contribution in [0.5, 0.6) is 5.75 Å². The van der Waals surface area contributed by atoms with Crippen molar-refractivity contribution < 1.29 is 18.7 Å². The summed E-state index contributed by atoms with van der Waals surface area (Å²) in [5, 5.41) is 6.86. The molecule has 0 radical (unpaired) electrons. The van der Waals surface area contributed by atoms with Gasteiger partial charge >= 0.3 is 6.03 Å². The molecule has 0 fully saturated rings. The van der Waals surface area contributed by atoms with Crippen LogP contribution in [0.2, 0.25) is 5.02 Å². The Morgan fingerprint density at radius 2 is 1.85 bits per heavy atom. The van der Waals surface area contributed by atoms with Crippen LogP contribution in [0.25, 0.3) is 10.9 Å². The Hall–Kier alpha value is -4.04. The van der Waals surface area contributed by atoms with Crippen molar-refractivity contribution in [3.8, 4) is 5.75 Å². The van der Waals surface area contributed by atoms with E-state index in [-0.39, 0.29) is 24.1 Å². The molecule has 0 atom stereocenters. The first-order valence-corrected chi connectivity index (χ1v) is 10.5. The summed E-state index contributed by atoms with van der Waals surface area (Å²) in [5.41, 5.74) is 3.13. The molecule has 5 rings (SSSR count). The Morgan fingerprint density at radius 3 is 2.67 bits per heavy atom. The molecule has 0 bridgehead atoms. The van der Waals surface area contributed by atoms with Gasteiger partial charge in [-0.3, -0.25) is 4.79 Å². The second-order valence-corrected chi connectivity index (χ2v) is 8.02. The topological polar surface area (TPSA) is 86.5 Å². The quantitative estimate of drug-likeness (QED) is 0.371. The fourth-order valence-electron chi connectivity index (χ4n) is 3.76. The van der Waals surface area contributed by atoms with E-state index in [9.17, 15) is 14.0 Å². The van der Waals surface area contributed by atoms with Crippen LogP contribution in [0.3, 0.4) is 0 Å². The van der Waals surface area contributed by atoms with Crippen molar-refractivity contribution in [2.24, 2.45) is 0 Å². The largest absolute Gasteiger partial charge is 0.481 e. The van der Waals surface area contributed by atoms with E-state index >= 15 is 0 Å². The monoisotopic (exact) mass is 464 g/mol. The molecule has 166 valence electrons. The summed E-state index contributed by atoms with van der Waals surface area (Å²) >= 11 is 5.94. The number of nitrogens with zero attached hydrogens (tertiary/aromatic N) is 1. The van der Waals surface area contributed by atoms with Crippen molar-refractivity contribution in [3.05, 3.63) is 83.3 Å². The van der Waals surface area contributed by atoms with Gasteiger partial charge in [0, 0.05) is 34.2 Å². The summed E-state index contributed by atoms with van der Waals surface area (Å²) in [6.45, 7) is -0.0248. The Morgan fingerprint density at radius 1 is 1.06 bits per heavy atom. The molecular weight excluding hydrogens is 447 g/mol. The van der Waals surface area contributed by atoms with Crippen molar-refractivity contribution in [2.75, 3.05) is 22.1 Å². The number of nitrogens with one attached hydrogen (secondary N) is 3. The molecule has 3 N–H and O–H groups in total. The van der Waals surface area contributed by atoms with Gasteiger partial charge in [-0.2, -0.15) is 0 Å². The van der Waals surface area contributed by atoms with E-state index < -0.39 is 11.8 Å². The number of urea groups is 1. The number of rotatable bonds is 4. The molecule has 0 saturated carbocycles. The lowest BCUT2D eigenvalue weighted by Gasteiger charge is -2.30. The molecule has 7 nitrogen and oxygen atoms in total. The van der Waals surface area contributed by atoms with E-state index in [4.69, 9.17) is 16.3 Å². The van der Waals surface area contributed by atoms with Crippen molar-refractivity contribution in [1.82, 2.24) is 4.98 Å². The van der Waals surface area contributed by atoms with Gasteiger partial charge in [-0.25, -0.2) is 9.18 Å². The number of halogens is 2. The van der Waals surface area contributed by atoms with Crippen molar-refractivity contribution in [3.63, 3.8) is 0 Å². The van der Waals surface area contributed by atoms with Gasteiger partial charge in [-0.15, -0.1) is 0 Å². The highest BCUT2D eigenvalue weighted by Gasteiger charge is 2.26. The highest BCUT2D eigenvalue weighted by molar-refractivity contribution is 6.30. The second-order valence-electron chi connectivity index (χ2n) is 7.59. The van der Waals surface area contributed by atoms with E-state index in [1.165, 1.54) is 17.0 Å². The Balaban J connectivity index is 1.32. The van der Waals surface area contributed by atoms with Crippen LogP contribution in [0.1, 0.15) is 5.56 Å². The van der Waals surface area contributed by atoms with Gasteiger partial charge in [0.1, 0.15) is 11.6 Å². The van der Waals surface area contributed by atoms with Gasteiger partial charge < -0.3 is 25.3 Å². The Kier molecular flexibility index (Phi) is 5.35. The normalized spacial score (nSPS) is 12.9. The number of ether oxygens (including phenoxy) is 1. The van der Waals surface area contributed by atoms with E-state index in [1.807, 2.05) is 30.5 Å². The zero-order chi connectivity index (χ0) is 22.9. The number of amides is 3. The number of benzene rings is 3. The maximum atomic E-state index is 13.7. The lowest BCUT2D eigenvalue weighted by Crippen LogP contribution is -2.38. The van der Waals surface area contributed by atoms with Crippen LogP contribution in [0.15, 0.2) is 66.9 Å². The molecule has 1 aromatic heterocycles. The van der Waals surface area contributed by atoms with E-state index in [0.717, 1.165) is 10.9 Å². The maximum absolute atomic E-state index is 13.7. The number of aromatic amines is 1. The lowest BCUT2D eigenvalue weighted by molar-refractivity contribution is -0.121. The SMILES string of the molecule is O=C(Nc1ccc2c(c1)OCC(=O)N2Cc1cc(F)cc(Cl)c1)Nc1ccc2cc[nH]c2c1. The van der Waals surface area contributed by atoms with Crippen molar-refractivity contribution >= 4 is 51.5 Å². The fraction of sp³-hybridized carbons (Fsp3) is 0.0833. The number of hydrogen-bond donors (Lipinski definition) is 3. The molecular formula is C24H18ClFN4O3. The highest BCUT2D eigenvalue weighted by Crippen LogP contribution is 2.35. The molecule has 2 heterocycles. The van der Waals surface area contributed by atoms with Crippen LogP contribution in [0.4, 0.5) is 26.2 Å². The molecule has 33 heavy (non-hydrogen) atoms. The van der Waals surface area contributed by atoms with E-state index in [2.05, 4.69) is 15.6 Å². The van der Waals surface area contributed by atoms with Gasteiger partial charge in [0.15, 0.2) is 6.61 Å². The molecule has 4 aromatic rings. The van der Waals surface area contributed by atoms with Gasteiger partial charge in [0.25, 0.3) is 5.91 Å². The minimum Gasteiger partial charge on any atom is -0.481 e. The molecule has 9 heteroatoms. The molecule has 0 unspecified atom stereocenters. The minimum absolute atomic E-state index is 0.140. The first kappa shape index (κ1) is 20.8. The predicted molar refractivity (Wildman–Crippen MR) is 125 cm³/mol. The fourth-order valence-corrected chi connectivity index (χ4v) is 4.00.